The van der Waals surface area contributed by atoms with E-state index in [0.29, 0.717) is 23.7 Å². The molecule has 2 atom stereocenters. The van der Waals surface area contributed by atoms with E-state index in [1.807, 2.05) is 4.68 Å². The summed E-state index contributed by atoms with van der Waals surface area (Å²) in [5.41, 5.74) is 0.447. The Morgan fingerprint density at radius 3 is 2.85 bits per heavy atom. The third-order valence-electron chi connectivity index (χ3n) is 4.60. The minimum atomic E-state index is -0.0797. The molecule has 0 spiro atoms. The largest absolute Gasteiger partial charge is 0.348 e. The van der Waals surface area contributed by atoms with Crippen LogP contribution in [-0.4, -0.2) is 40.0 Å². The molecule has 3 rings (SSSR count). The van der Waals surface area contributed by atoms with Crippen LogP contribution in [-0.2, 0) is 0 Å². The molecule has 20 heavy (non-hydrogen) atoms. The van der Waals surface area contributed by atoms with Crippen molar-refractivity contribution in [2.75, 3.05) is 13.1 Å². The molecule has 1 saturated carbocycles. The number of nitrogens with zero attached hydrogens (tertiary/aromatic N) is 3. The summed E-state index contributed by atoms with van der Waals surface area (Å²) in [4.78, 5) is 12.2. The lowest BCUT2D eigenvalue weighted by Gasteiger charge is -2.22. The number of aromatic nitrogens is 3. The van der Waals surface area contributed by atoms with Gasteiger partial charge in [0.05, 0.1) is 12.2 Å². The molecule has 1 amide bonds. The van der Waals surface area contributed by atoms with Crippen molar-refractivity contribution >= 4 is 5.91 Å². The van der Waals surface area contributed by atoms with Gasteiger partial charge in [-0.1, -0.05) is 18.6 Å². The first kappa shape index (κ1) is 13.5. The van der Waals surface area contributed by atoms with Crippen molar-refractivity contribution in [1.29, 1.82) is 0 Å². The lowest BCUT2D eigenvalue weighted by atomic mass is 10.1. The van der Waals surface area contributed by atoms with Crippen LogP contribution in [0.15, 0.2) is 6.20 Å². The number of piperidine rings is 1. The summed E-state index contributed by atoms with van der Waals surface area (Å²) in [6.07, 6.45) is 7.37. The van der Waals surface area contributed by atoms with Gasteiger partial charge in [-0.2, -0.15) is 0 Å². The van der Waals surface area contributed by atoms with Gasteiger partial charge in [0.15, 0.2) is 5.69 Å². The zero-order chi connectivity index (χ0) is 13.9. The topological polar surface area (TPSA) is 71.8 Å². The van der Waals surface area contributed by atoms with Crippen LogP contribution in [0.2, 0.25) is 0 Å². The highest BCUT2D eigenvalue weighted by Gasteiger charge is 2.26. The van der Waals surface area contributed by atoms with Gasteiger partial charge in [-0.25, -0.2) is 4.68 Å². The van der Waals surface area contributed by atoms with E-state index in [9.17, 15) is 4.79 Å². The first-order valence-electron chi connectivity index (χ1n) is 7.67. The van der Waals surface area contributed by atoms with E-state index in [1.54, 1.807) is 6.20 Å². The van der Waals surface area contributed by atoms with E-state index in [0.717, 1.165) is 32.4 Å². The molecule has 2 fully saturated rings. The molecule has 6 heteroatoms. The third-order valence-corrected chi connectivity index (χ3v) is 4.60. The van der Waals surface area contributed by atoms with Crippen molar-refractivity contribution < 1.29 is 4.79 Å². The van der Waals surface area contributed by atoms with Crippen LogP contribution >= 0.6 is 0 Å². The van der Waals surface area contributed by atoms with Gasteiger partial charge < -0.3 is 10.6 Å². The number of amides is 1. The molecular weight excluding hydrogens is 254 g/mol. The second kappa shape index (κ2) is 5.91. The van der Waals surface area contributed by atoms with E-state index in [1.165, 1.54) is 12.8 Å². The van der Waals surface area contributed by atoms with E-state index in [-0.39, 0.29) is 5.91 Å². The van der Waals surface area contributed by atoms with Gasteiger partial charge in [-0.3, -0.25) is 4.79 Å². The number of hydrogen-bond donors (Lipinski definition) is 2. The van der Waals surface area contributed by atoms with Gasteiger partial charge in [0.1, 0.15) is 0 Å². The molecule has 0 aromatic carbocycles. The molecule has 1 aromatic rings. The highest BCUT2D eigenvalue weighted by atomic mass is 16.2. The van der Waals surface area contributed by atoms with Crippen LogP contribution in [0, 0.1) is 5.92 Å². The summed E-state index contributed by atoms with van der Waals surface area (Å²) < 4.78 is 1.85. The average Bonchev–Trinajstić information content (AvgIpc) is 3.10. The molecule has 2 heterocycles. The SMILES string of the molecule is CC1CCCC1NC(=O)c1cn(C2CCNCC2)nn1. The number of hydrogen-bond acceptors (Lipinski definition) is 4. The third kappa shape index (κ3) is 2.85. The van der Waals surface area contributed by atoms with Crippen LogP contribution in [0.25, 0.3) is 0 Å². The summed E-state index contributed by atoms with van der Waals surface area (Å²) in [6, 6.07) is 0.669. The lowest BCUT2D eigenvalue weighted by molar-refractivity contribution is 0.0924. The van der Waals surface area contributed by atoms with Crippen LogP contribution in [0.4, 0.5) is 0 Å². The molecule has 110 valence electrons. The van der Waals surface area contributed by atoms with Crippen LogP contribution in [0.3, 0.4) is 0 Å². The Balaban J connectivity index is 1.62. The van der Waals surface area contributed by atoms with Crippen LogP contribution in [0.1, 0.15) is 55.6 Å². The molecule has 6 nitrogen and oxygen atoms in total. The van der Waals surface area contributed by atoms with Gasteiger partial charge in [0, 0.05) is 6.04 Å². The lowest BCUT2D eigenvalue weighted by Crippen LogP contribution is -2.36. The minimum Gasteiger partial charge on any atom is -0.348 e. The van der Waals surface area contributed by atoms with Crippen molar-refractivity contribution in [2.24, 2.45) is 5.92 Å². The zero-order valence-corrected chi connectivity index (χ0v) is 12.0. The maximum atomic E-state index is 12.2. The summed E-state index contributed by atoms with van der Waals surface area (Å²) in [5, 5.41) is 14.6. The molecule has 2 unspecified atom stereocenters. The summed E-state index contributed by atoms with van der Waals surface area (Å²) in [5.74, 6) is 0.488. The number of carbonyl (C=O) groups is 1. The average molecular weight is 277 g/mol. The monoisotopic (exact) mass is 277 g/mol. The van der Waals surface area contributed by atoms with Crippen molar-refractivity contribution in [1.82, 2.24) is 25.6 Å². The predicted molar refractivity (Wildman–Crippen MR) is 75.4 cm³/mol. The van der Waals surface area contributed by atoms with E-state index in [2.05, 4.69) is 27.9 Å². The Bertz CT molecular complexity index is 466. The fraction of sp³-hybridized carbons (Fsp3) is 0.786. The Morgan fingerprint density at radius 2 is 2.15 bits per heavy atom. The first-order valence-corrected chi connectivity index (χ1v) is 7.67. The normalized spacial score (nSPS) is 27.6. The highest BCUT2D eigenvalue weighted by molar-refractivity contribution is 5.92. The Labute approximate surface area is 119 Å². The first-order chi connectivity index (χ1) is 9.74. The van der Waals surface area contributed by atoms with Gasteiger partial charge in [-0.15, -0.1) is 5.10 Å². The Hall–Kier alpha value is -1.43. The zero-order valence-electron chi connectivity index (χ0n) is 12.0. The molecule has 1 aromatic heterocycles. The summed E-state index contributed by atoms with van der Waals surface area (Å²) >= 11 is 0. The van der Waals surface area contributed by atoms with Gasteiger partial charge in [0.25, 0.3) is 5.91 Å². The summed E-state index contributed by atoms with van der Waals surface area (Å²) in [6.45, 7) is 4.21. The van der Waals surface area contributed by atoms with Gasteiger partial charge in [0.2, 0.25) is 0 Å². The molecule has 0 bridgehead atoms. The quantitative estimate of drug-likeness (QED) is 0.868. The molecule has 1 saturated heterocycles. The molecule has 2 aliphatic rings. The maximum Gasteiger partial charge on any atom is 0.273 e. The van der Waals surface area contributed by atoms with Gasteiger partial charge >= 0.3 is 0 Å². The number of carbonyl (C=O) groups excluding carboxylic acids is 1. The molecule has 2 N–H and O–H groups in total. The molecule has 0 radical (unpaired) electrons. The summed E-state index contributed by atoms with van der Waals surface area (Å²) in [7, 11) is 0. The second-order valence-corrected chi connectivity index (χ2v) is 6.05. The minimum absolute atomic E-state index is 0.0797. The second-order valence-electron chi connectivity index (χ2n) is 6.05. The van der Waals surface area contributed by atoms with E-state index >= 15 is 0 Å². The highest BCUT2D eigenvalue weighted by Crippen LogP contribution is 2.25. The van der Waals surface area contributed by atoms with Crippen molar-refractivity contribution in [3.63, 3.8) is 0 Å². The number of rotatable bonds is 3. The van der Waals surface area contributed by atoms with E-state index in [4.69, 9.17) is 0 Å². The van der Waals surface area contributed by atoms with Crippen LogP contribution in [0.5, 0.6) is 0 Å². The fourth-order valence-electron chi connectivity index (χ4n) is 3.23. The van der Waals surface area contributed by atoms with Gasteiger partial charge in [-0.05, 0) is 44.7 Å². The Morgan fingerprint density at radius 1 is 1.35 bits per heavy atom. The van der Waals surface area contributed by atoms with Crippen LogP contribution < -0.4 is 10.6 Å². The smallest absolute Gasteiger partial charge is 0.273 e. The van der Waals surface area contributed by atoms with E-state index < -0.39 is 0 Å². The maximum absolute atomic E-state index is 12.2. The van der Waals surface area contributed by atoms with Crippen molar-refractivity contribution in [3.8, 4) is 0 Å². The standard InChI is InChI=1S/C14H23N5O/c1-10-3-2-4-12(10)16-14(20)13-9-19(18-17-13)11-5-7-15-8-6-11/h9-12,15H,2-8H2,1H3,(H,16,20). The van der Waals surface area contributed by atoms with Crippen molar-refractivity contribution in [2.45, 2.75) is 51.1 Å². The molecule has 1 aliphatic carbocycles. The molecule has 1 aliphatic heterocycles. The van der Waals surface area contributed by atoms with Crippen molar-refractivity contribution in [3.05, 3.63) is 11.9 Å². The Kier molecular flexibility index (Phi) is 4.00. The number of nitrogens with one attached hydrogen (secondary N) is 2. The molecular formula is C14H23N5O. The predicted octanol–water partition coefficient (Wildman–Crippen LogP) is 1.12. The fourth-order valence-corrected chi connectivity index (χ4v) is 3.23.